The Morgan fingerprint density at radius 1 is 1.09 bits per heavy atom. The summed E-state index contributed by atoms with van der Waals surface area (Å²) in [5, 5.41) is 15.2. The van der Waals surface area contributed by atoms with Gasteiger partial charge in [-0.25, -0.2) is 9.97 Å². The summed E-state index contributed by atoms with van der Waals surface area (Å²) in [4.78, 5) is 30.8. The Labute approximate surface area is 193 Å². The second kappa shape index (κ2) is 11.1. The van der Waals surface area contributed by atoms with Crippen molar-refractivity contribution in [2.75, 3.05) is 23.9 Å². The highest BCUT2D eigenvalue weighted by atomic mass is 35.5. The van der Waals surface area contributed by atoms with E-state index in [1.165, 1.54) is 12.1 Å². The molecule has 3 rings (SSSR count). The maximum atomic E-state index is 12.1. The third-order valence-electron chi connectivity index (χ3n) is 4.13. The first-order valence-corrected chi connectivity index (χ1v) is 10.1. The number of anilines is 2. The molecule has 1 amide bonds. The average molecular weight is 477 g/mol. The number of hydrogen-bond acceptors (Lipinski definition) is 8. The zero-order valence-electron chi connectivity index (χ0n) is 16.5. The van der Waals surface area contributed by atoms with Crippen LogP contribution in [0.3, 0.4) is 0 Å². The molecule has 0 unspecified atom stereocenters. The third kappa shape index (κ3) is 6.43. The van der Waals surface area contributed by atoms with E-state index >= 15 is 0 Å². The first kappa shape index (κ1) is 23.0. The van der Waals surface area contributed by atoms with Crippen LogP contribution in [0.1, 0.15) is 5.56 Å². The molecule has 10 nitrogen and oxygen atoms in total. The zero-order chi connectivity index (χ0) is 22.9. The standard InChI is InChI=1S/C20H18Cl2N6O4/c21-14-6-7-16(15(22)10-14)32-11-17(29)26-27-20-18(28(30)31)19(24-12-25-20)23-9-8-13-4-2-1-3-5-13/h1-7,10,12H,8-9,11H2,(H,26,29)(H2,23,24,25,27). The van der Waals surface area contributed by atoms with Gasteiger partial charge >= 0.3 is 5.69 Å². The van der Waals surface area contributed by atoms with E-state index in [0.29, 0.717) is 18.0 Å². The summed E-state index contributed by atoms with van der Waals surface area (Å²) in [6.45, 7) is 0.0266. The second-order valence-corrected chi connectivity index (χ2v) is 7.22. The summed E-state index contributed by atoms with van der Waals surface area (Å²) in [6.07, 6.45) is 1.79. The van der Waals surface area contributed by atoms with Crippen molar-refractivity contribution < 1.29 is 14.5 Å². The zero-order valence-corrected chi connectivity index (χ0v) is 18.1. The van der Waals surface area contributed by atoms with Gasteiger partial charge in [0.15, 0.2) is 6.61 Å². The largest absolute Gasteiger partial charge is 0.482 e. The molecule has 32 heavy (non-hydrogen) atoms. The Bertz CT molecular complexity index is 1100. The number of amides is 1. The van der Waals surface area contributed by atoms with Gasteiger partial charge < -0.3 is 10.1 Å². The number of aromatic nitrogens is 2. The molecule has 12 heteroatoms. The van der Waals surface area contributed by atoms with Crippen LogP contribution in [0.2, 0.25) is 10.0 Å². The molecule has 0 radical (unpaired) electrons. The van der Waals surface area contributed by atoms with Gasteiger partial charge in [-0.2, -0.15) is 0 Å². The maximum Gasteiger partial charge on any atom is 0.354 e. The topological polar surface area (TPSA) is 131 Å². The molecule has 166 valence electrons. The number of hydrazine groups is 1. The van der Waals surface area contributed by atoms with Crippen LogP contribution in [-0.4, -0.2) is 34.0 Å². The Hall–Kier alpha value is -3.63. The van der Waals surface area contributed by atoms with Crippen molar-refractivity contribution in [3.05, 3.63) is 80.6 Å². The predicted molar refractivity (Wildman–Crippen MR) is 121 cm³/mol. The lowest BCUT2D eigenvalue weighted by Crippen LogP contribution is -2.34. The van der Waals surface area contributed by atoms with E-state index in [4.69, 9.17) is 27.9 Å². The van der Waals surface area contributed by atoms with Gasteiger partial charge in [-0.3, -0.25) is 25.8 Å². The SMILES string of the molecule is O=C(COc1ccc(Cl)cc1Cl)NNc1ncnc(NCCc2ccccc2)c1[N+](=O)[O-]. The van der Waals surface area contributed by atoms with E-state index < -0.39 is 23.1 Å². The number of benzene rings is 2. The summed E-state index contributed by atoms with van der Waals surface area (Å²) in [5.74, 6) is -0.487. The molecule has 0 saturated carbocycles. The van der Waals surface area contributed by atoms with Crippen molar-refractivity contribution in [1.82, 2.24) is 15.4 Å². The second-order valence-electron chi connectivity index (χ2n) is 6.38. The van der Waals surface area contributed by atoms with Crippen LogP contribution in [0.5, 0.6) is 5.75 Å². The highest BCUT2D eigenvalue weighted by Gasteiger charge is 2.23. The Morgan fingerprint density at radius 3 is 2.56 bits per heavy atom. The molecular weight excluding hydrogens is 459 g/mol. The number of rotatable bonds is 10. The monoisotopic (exact) mass is 476 g/mol. The minimum absolute atomic E-state index is 0.0295. The third-order valence-corrected chi connectivity index (χ3v) is 4.66. The molecule has 1 aromatic heterocycles. The van der Waals surface area contributed by atoms with Crippen molar-refractivity contribution >= 4 is 46.4 Å². The average Bonchev–Trinajstić information content (AvgIpc) is 2.77. The van der Waals surface area contributed by atoms with Crippen LogP contribution in [-0.2, 0) is 11.2 Å². The summed E-state index contributed by atoms with van der Waals surface area (Å²) >= 11 is 11.8. The van der Waals surface area contributed by atoms with E-state index in [2.05, 4.69) is 26.1 Å². The minimum Gasteiger partial charge on any atom is -0.482 e. The van der Waals surface area contributed by atoms with Gasteiger partial charge in [0, 0.05) is 11.6 Å². The molecule has 0 saturated heterocycles. The molecular formula is C20H18Cl2N6O4. The van der Waals surface area contributed by atoms with Gasteiger partial charge in [0.25, 0.3) is 5.91 Å². The summed E-state index contributed by atoms with van der Waals surface area (Å²) < 4.78 is 5.32. The summed E-state index contributed by atoms with van der Waals surface area (Å²) in [6, 6.07) is 14.2. The van der Waals surface area contributed by atoms with E-state index in [9.17, 15) is 14.9 Å². The van der Waals surface area contributed by atoms with Gasteiger partial charge in [0.2, 0.25) is 11.6 Å². The molecule has 0 bridgehead atoms. The lowest BCUT2D eigenvalue weighted by molar-refractivity contribution is -0.383. The first-order valence-electron chi connectivity index (χ1n) is 9.34. The Kier molecular flexibility index (Phi) is 8.01. The van der Waals surface area contributed by atoms with E-state index in [1.807, 2.05) is 30.3 Å². The molecule has 0 aliphatic heterocycles. The van der Waals surface area contributed by atoms with Gasteiger partial charge in [0.05, 0.1) is 9.95 Å². The van der Waals surface area contributed by atoms with Crippen LogP contribution in [0.15, 0.2) is 54.9 Å². The smallest absolute Gasteiger partial charge is 0.354 e. The number of ether oxygens (including phenoxy) is 1. The Morgan fingerprint density at radius 2 is 1.84 bits per heavy atom. The molecule has 0 aliphatic rings. The molecule has 0 atom stereocenters. The van der Waals surface area contributed by atoms with E-state index in [-0.39, 0.29) is 22.4 Å². The highest BCUT2D eigenvalue weighted by Crippen LogP contribution is 2.29. The molecule has 2 aromatic carbocycles. The van der Waals surface area contributed by atoms with Crippen LogP contribution in [0.25, 0.3) is 0 Å². The number of carbonyl (C=O) groups is 1. The Balaban J connectivity index is 1.58. The van der Waals surface area contributed by atoms with Crippen molar-refractivity contribution in [2.45, 2.75) is 6.42 Å². The maximum absolute atomic E-state index is 12.1. The molecule has 3 N–H and O–H groups in total. The van der Waals surface area contributed by atoms with E-state index in [0.717, 1.165) is 11.9 Å². The van der Waals surface area contributed by atoms with Gasteiger partial charge in [-0.15, -0.1) is 0 Å². The number of nitro groups is 1. The minimum atomic E-state index is -0.636. The first-order chi connectivity index (χ1) is 15.4. The normalized spacial score (nSPS) is 10.3. The van der Waals surface area contributed by atoms with Crippen LogP contribution < -0.4 is 20.9 Å². The lowest BCUT2D eigenvalue weighted by atomic mass is 10.1. The number of nitrogens with zero attached hydrogens (tertiary/aromatic N) is 3. The number of nitrogens with one attached hydrogen (secondary N) is 3. The summed E-state index contributed by atoms with van der Waals surface area (Å²) in [5.41, 5.74) is 5.41. The van der Waals surface area contributed by atoms with Gasteiger partial charge in [-0.1, -0.05) is 53.5 Å². The van der Waals surface area contributed by atoms with Crippen molar-refractivity contribution in [2.24, 2.45) is 0 Å². The fourth-order valence-electron chi connectivity index (χ4n) is 2.64. The highest BCUT2D eigenvalue weighted by molar-refractivity contribution is 6.35. The van der Waals surface area contributed by atoms with E-state index in [1.54, 1.807) is 6.07 Å². The van der Waals surface area contributed by atoms with Crippen molar-refractivity contribution in [1.29, 1.82) is 0 Å². The molecule has 0 spiro atoms. The predicted octanol–water partition coefficient (Wildman–Crippen LogP) is 3.87. The number of carbonyl (C=O) groups excluding carboxylic acids is 1. The quantitative estimate of drug-likeness (QED) is 0.296. The van der Waals surface area contributed by atoms with Crippen molar-refractivity contribution in [3.63, 3.8) is 0 Å². The molecule has 1 heterocycles. The number of halogens is 2. The van der Waals surface area contributed by atoms with Gasteiger partial charge in [0.1, 0.15) is 12.1 Å². The molecule has 0 fully saturated rings. The lowest BCUT2D eigenvalue weighted by Gasteiger charge is -2.12. The van der Waals surface area contributed by atoms with Gasteiger partial charge in [-0.05, 0) is 30.2 Å². The van der Waals surface area contributed by atoms with Crippen LogP contribution in [0, 0.1) is 10.1 Å². The fourth-order valence-corrected chi connectivity index (χ4v) is 3.11. The molecule has 0 aliphatic carbocycles. The molecule has 3 aromatic rings. The van der Waals surface area contributed by atoms with Crippen LogP contribution >= 0.6 is 23.2 Å². The fraction of sp³-hybridized carbons (Fsp3) is 0.150. The van der Waals surface area contributed by atoms with Crippen molar-refractivity contribution in [3.8, 4) is 5.75 Å². The van der Waals surface area contributed by atoms with Crippen LogP contribution in [0.4, 0.5) is 17.3 Å². The number of hydrogen-bond donors (Lipinski definition) is 3. The summed E-state index contributed by atoms with van der Waals surface area (Å²) in [7, 11) is 0.